The quantitative estimate of drug-likeness (QED) is 0.587. The van der Waals surface area contributed by atoms with Gasteiger partial charge in [-0.3, -0.25) is 4.99 Å². The van der Waals surface area contributed by atoms with Crippen LogP contribution in [-0.2, 0) is 20.2 Å². The molecule has 0 unspecified atom stereocenters. The molecule has 3 N–H and O–H groups in total. The first-order valence-corrected chi connectivity index (χ1v) is 12.8. The average molecular weight is 466 g/mol. The van der Waals surface area contributed by atoms with Crippen molar-refractivity contribution in [2.75, 3.05) is 18.4 Å². The predicted molar refractivity (Wildman–Crippen MR) is 116 cm³/mol. The van der Waals surface area contributed by atoms with Gasteiger partial charge in [0.2, 0.25) is 0 Å². The van der Waals surface area contributed by atoms with Crippen molar-refractivity contribution in [2.24, 2.45) is 14.8 Å². The summed E-state index contributed by atoms with van der Waals surface area (Å²) in [6.45, 7) is 11.7. The number of thiophene rings is 1. The molecule has 0 aliphatic carbocycles. The molecule has 2 rings (SSSR count). The van der Waals surface area contributed by atoms with Gasteiger partial charge in [-0.15, -0.1) is 15.7 Å². The van der Waals surface area contributed by atoms with Crippen LogP contribution < -0.4 is 10.0 Å². The smallest absolute Gasteiger partial charge is 0.345 e. The van der Waals surface area contributed by atoms with Gasteiger partial charge in [-0.1, -0.05) is 34.6 Å². The minimum atomic E-state index is -3.97. The van der Waals surface area contributed by atoms with Gasteiger partial charge in [0.1, 0.15) is 0 Å². The van der Waals surface area contributed by atoms with E-state index in [0.29, 0.717) is 0 Å². The van der Waals surface area contributed by atoms with Gasteiger partial charge in [-0.25, -0.2) is 13.1 Å². The highest BCUT2D eigenvalue weighted by atomic mass is 32.2. The number of aliphatic imine (C=N–C) groups is 1. The molecule has 29 heavy (non-hydrogen) atoms. The van der Waals surface area contributed by atoms with Gasteiger partial charge >= 0.3 is 10.2 Å². The SMILES string of the molecule is CCN(CC)S(=O)(=O)c1scc(NC2=NS(=O)(=O)NC2=N[C@@H](C)C(C)(C)C)c1O. The van der Waals surface area contributed by atoms with Crippen LogP contribution in [0.2, 0.25) is 0 Å². The number of hydrogen-bond acceptors (Lipinski definition) is 8. The van der Waals surface area contributed by atoms with Gasteiger partial charge < -0.3 is 10.4 Å². The molecular weight excluding hydrogens is 438 g/mol. The van der Waals surface area contributed by atoms with Crippen LogP contribution in [0.1, 0.15) is 41.5 Å². The van der Waals surface area contributed by atoms with Crippen LogP contribution in [0.15, 0.2) is 19.0 Å². The van der Waals surface area contributed by atoms with Crippen LogP contribution in [0.4, 0.5) is 5.69 Å². The van der Waals surface area contributed by atoms with Crippen molar-refractivity contribution < 1.29 is 21.9 Å². The summed E-state index contributed by atoms with van der Waals surface area (Å²) in [5.74, 6) is -0.593. The highest BCUT2D eigenvalue weighted by Crippen LogP contribution is 2.39. The molecule has 13 heteroatoms. The Kier molecular flexibility index (Phi) is 6.67. The fourth-order valence-corrected chi connectivity index (χ4v) is 5.97. The Balaban J connectivity index is 2.40. The van der Waals surface area contributed by atoms with Crippen LogP contribution in [0, 0.1) is 5.41 Å². The van der Waals surface area contributed by atoms with E-state index in [9.17, 15) is 21.9 Å². The second-order valence-electron chi connectivity index (χ2n) is 7.54. The molecule has 0 bridgehead atoms. The second-order valence-corrected chi connectivity index (χ2v) is 11.9. The van der Waals surface area contributed by atoms with Gasteiger partial charge in [0.15, 0.2) is 21.6 Å². The Labute approximate surface area is 176 Å². The van der Waals surface area contributed by atoms with Crippen molar-refractivity contribution in [2.45, 2.75) is 51.8 Å². The van der Waals surface area contributed by atoms with Gasteiger partial charge in [0.05, 0.1) is 11.7 Å². The Bertz CT molecular complexity index is 1030. The molecule has 1 atom stereocenters. The highest BCUT2D eigenvalue weighted by molar-refractivity contribution is 7.91. The summed E-state index contributed by atoms with van der Waals surface area (Å²) >= 11 is 0.838. The molecule has 0 amide bonds. The molecule has 164 valence electrons. The molecule has 1 aliphatic heterocycles. The number of anilines is 1. The lowest BCUT2D eigenvalue weighted by Crippen LogP contribution is -2.34. The summed E-state index contributed by atoms with van der Waals surface area (Å²) in [4.78, 5) is 4.39. The maximum absolute atomic E-state index is 12.7. The largest absolute Gasteiger partial charge is 0.504 e. The fraction of sp³-hybridized carbons (Fsp3) is 0.625. The van der Waals surface area contributed by atoms with Crippen LogP contribution in [-0.4, -0.2) is 57.0 Å². The molecular formula is C16H27N5O5S3. The van der Waals surface area contributed by atoms with E-state index in [2.05, 4.69) is 19.4 Å². The molecule has 0 radical (unpaired) electrons. The minimum Gasteiger partial charge on any atom is -0.504 e. The summed E-state index contributed by atoms with van der Waals surface area (Å²) in [5, 5.41) is 14.6. The van der Waals surface area contributed by atoms with E-state index < -0.39 is 26.0 Å². The van der Waals surface area contributed by atoms with Crippen LogP contribution in [0.3, 0.4) is 0 Å². The van der Waals surface area contributed by atoms with Gasteiger partial charge in [-0.05, 0) is 12.3 Å². The standard InChI is InChI=1S/C16H27N5O5S3/c1-7-21(8-2)28(23,24)15-12(22)11(9-27-15)18-14-13(19-29(25,26)20-14)17-10(3)16(4,5)6/h9-10,22H,7-8H2,1-6H3,(H,17,19)(H,18,20)/t10-/m0/s1. The molecule has 10 nitrogen and oxygen atoms in total. The van der Waals surface area contributed by atoms with E-state index in [-0.39, 0.29) is 46.1 Å². The Hall–Kier alpha value is -1.70. The van der Waals surface area contributed by atoms with Gasteiger partial charge in [0, 0.05) is 18.5 Å². The van der Waals surface area contributed by atoms with Gasteiger partial charge in [-0.2, -0.15) is 12.7 Å². The molecule has 0 spiro atoms. The van der Waals surface area contributed by atoms with E-state index in [1.54, 1.807) is 13.8 Å². The van der Waals surface area contributed by atoms with E-state index in [4.69, 9.17) is 0 Å². The molecule has 0 saturated carbocycles. The number of aromatic hydroxyl groups is 1. The normalized spacial score (nSPS) is 19.3. The van der Waals surface area contributed by atoms with Crippen LogP contribution >= 0.6 is 11.3 Å². The monoisotopic (exact) mass is 465 g/mol. The Morgan fingerprint density at radius 1 is 1.34 bits per heavy atom. The highest BCUT2D eigenvalue weighted by Gasteiger charge is 2.32. The first kappa shape index (κ1) is 23.6. The summed E-state index contributed by atoms with van der Waals surface area (Å²) in [6, 6.07) is -0.236. The summed E-state index contributed by atoms with van der Waals surface area (Å²) in [7, 11) is -7.83. The minimum absolute atomic E-state index is 0.00572. The van der Waals surface area contributed by atoms with Crippen molar-refractivity contribution in [3.05, 3.63) is 5.38 Å². The van der Waals surface area contributed by atoms with E-state index in [0.717, 1.165) is 11.3 Å². The number of hydrogen-bond donors (Lipinski definition) is 3. The van der Waals surface area contributed by atoms with E-state index in [1.807, 2.05) is 27.7 Å². The zero-order valence-corrected chi connectivity index (χ0v) is 19.7. The van der Waals surface area contributed by atoms with E-state index in [1.165, 1.54) is 9.69 Å². The third-order valence-electron chi connectivity index (χ3n) is 4.50. The summed E-state index contributed by atoms with van der Waals surface area (Å²) in [6.07, 6.45) is 0. The lowest BCUT2D eigenvalue weighted by molar-refractivity contribution is 0.342. The maximum atomic E-state index is 12.7. The van der Waals surface area contributed by atoms with Crippen LogP contribution in [0.25, 0.3) is 0 Å². The molecule has 1 aromatic rings. The molecule has 0 fully saturated rings. The van der Waals surface area contributed by atoms with Crippen molar-refractivity contribution in [1.29, 1.82) is 0 Å². The van der Waals surface area contributed by atoms with Crippen LogP contribution in [0.5, 0.6) is 5.75 Å². The second kappa shape index (κ2) is 8.20. The zero-order chi connectivity index (χ0) is 22.2. The number of amidine groups is 2. The molecule has 0 aromatic carbocycles. The summed E-state index contributed by atoms with van der Waals surface area (Å²) < 4.78 is 56.0. The maximum Gasteiger partial charge on any atom is 0.345 e. The fourth-order valence-electron chi connectivity index (χ4n) is 2.33. The van der Waals surface area contributed by atoms with Gasteiger partial charge in [0.25, 0.3) is 10.0 Å². The molecule has 2 heterocycles. The number of nitrogens with one attached hydrogen (secondary N) is 2. The lowest BCUT2D eigenvalue weighted by Gasteiger charge is -2.24. The van der Waals surface area contributed by atoms with Crippen molar-refractivity contribution in [3.8, 4) is 5.75 Å². The summed E-state index contributed by atoms with van der Waals surface area (Å²) in [5.41, 5.74) is -0.184. The van der Waals surface area contributed by atoms with Crippen molar-refractivity contribution >= 4 is 48.9 Å². The molecule has 0 saturated heterocycles. The Morgan fingerprint density at radius 3 is 2.45 bits per heavy atom. The Morgan fingerprint density at radius 2 is 1.93 bits per heavy atom. The van der Waals surface area contributed by atoms with Crippen molar-refractivity contribution in [3.63, 3.8) is 0 Å². The predicted octanol–water partition coefficient (Wildman–Crippen LogP) is 1.98. The number of rotatable bonds is 6. The third-order valence-corrected chi connectivity index (χ3v) is 8.92. The molecule has 1 aromatic heterocycles. The number of nitrogens with zero attached hydrogens (tertiary/aromatic N) is 3. The average Bonchev–Trinajstić information content (AvgIpc) is 3.07. The topological polar surface area (TPSA) is 141 Å². The first-order chi connectivity index (χ1) is 13.2. The van der Waals surface area contributed by atoms with E-state index >= 15 is 0 Å². The lowest BCUT2D eigenvalue weighted by atomic mass is 9.88. The first-order valence-electron chi connectivity index (χ1n) is 9.01. The van der Waals surface area contributed by atoms with Crippen molar-refractivity contribution in [1.82, 2.24) is 9.03 Å². The number of sulfonamides is 1. The third kappa shape index (κ3) is 5.08. The zero-order valence-electron chi connectivity index (χ0n) is 17.2. The molecule has 1 aliphatic rings.